The second-order valence-corrected chi connectivity index (χ2v) is 6.10. The van der Waals surface area contributed by atoms with E-state index in [0.29, 0.717) is 5.56 Å². The molecule has 0 aromatic heterocycles. The highest BCUT2D eigenvalue weighted by Crippen LogP contribution is 2.22. The molecule has 0 aliphatic rings. The van der Waals surface area contributed by atoms with Gasteiger partial charge in [-0.2, -0.15) is 11.8 Å². The van der Waals surface area contributed by atoms with Crippen LogP contribution in [-0.2, 0) is 0 Å². The number of carbonyl (C=O) groups excluding carboxylic acids is 1. The normalized spacial score (nSPS) is 10.2. The van der Waals surface area contributed by atoms with Gasteiger partial charge < -0.3 is 4.90 Å². The number of hydrogen-bond donors (Lipinski definition) is 0. The molecule has 0 spiro atoms. The van der Waals surface area contributed by atoms with Crippen LogP contribution in [0.2, 0.25) is 0 Å². The van der Waals surface area contributed by atoms with Crippen molar-refractivity contribution in [2.45, 2.75) is 0 Å². The molecule has 1 rings (SSSR count). The van der Waals surface area contributed by atoms with Gasteiger partial charge in [0.05, 0.1) is 5.56 Å². The fourth-order valence-electron chi connectivity index (χ4n) is 1.20. The summed E-state index contributed by atoms with van der Waals surface area (Å²) in [6.07, 6.45) is 2.04. The Morgan fingerprint density at radius 1 is 1.44 bits per heavy atom. The van der Waals surface area contributed by atoms with Crippen LogP contribution < -0.4 is 0 Å². The summed E-state index contributed by atoms with van der Waals surface area (Å²) in [7, 11) is 1.83. The Balaban J connectivity index is 2.79. The van der Waals surface area contributed by atoms with Gasteiger partial charge in [0.25, 0.3) is 5.91 Å². The second-order valence-electron chi connectivity index (χ2n) is 3.34. The maximum absolute atomic E-state index is 12.1. The molecule has 0 aliphatic heterocycles. The second kappa shape index (κ2) is 6.67. The van der Waals surface area contributed by atoms with Gasteiger partial charge >= 0.3 is 0 Å². The maximum atomic E-state index is 12.1. The minimum atomic E-state index is 0.0495. The van der Waals surface area contributed by atoms with Crippen molar-refractivity contribution < 1.29 is 4.79 Å². The first kappa shape index (κ1) is 14.1. The van der Waals surface area contributed by atoms with Gasteiger partial charge in [-0.1, -0.05) is 15.9 Å². The smallest absolute Gasteiger partial charge is 0.254 e. The van der Waals surface area contributed by atoms with E-state index in [2.05, 4.69) is 31.9 Å². The molecule has 0 fully saturated rings. The molecule has 1 amide bonds. The van der Waals surface area contributed by atoms with E-state index in [9.17, 15) is 4.79 Å². The highest BCUT2D eigenvalue weighted by Gasteiger charge is 2.14. The zero-order valence-corrected chi connectivity index (χ0v) is 13.2. The van der Waals surface area contributed by atoms with Crippen molar-refractivity contribution in [1.82, 2.24) is 4.90 Å². The number of amides is 1. The van der Waals surface area contributed by atoms with E-state index in [0.717, 1.165) is 21.2 Å². The maximum Gasteiger partial charge on any atom is 0.254 e. The zero-order valence-electron chi connectivity index (χ0n) is 9.17. The largest absolute Gasteiger partial charge is 0.341 e. The Hall–Kier alpha value is -0.000000000000000111. The van der Waals surface area contributed by atoms with Gasteiger partial charge in [-0.3, -0.25) is 4.79 Å². The number of thioether (sulfide) groups is 1. The number of nitrogens with zero attached hydrogens (tertiary/aromatic N) is 1. The van der Waals surface area contributed by atoms with Crippen molar-refractivity contribution in [2.75, 3.05) is 25.6 Å². The van der Waals surface area contributed by atoms with Crippen LogP contribution in [0.5, 0.6) is 0 Å². The van der Waals surface area contributed by atoms with Gasteiger partial charge in [0.2, 0.25) is 0 Å². The molecule has 0 radical (unpaired) electrons. The van der Waals surface area contributed by atoms with Crippen LogP contribution in [0.3, 0.4) is 0 Å². The first-order chi connectivity index (χ1) is 7.56. The number of benzene rings is 1. The summed E-state index contributed by atoms with van der Waals surface area (Å²) in [5.41, 5.74) is 0.701. The third-order valence-electron chi connectivity index (χ3n) is 2.14. The molecule has 0 saturated carbocycles. The lowest BCUT2D eigenvalue weighted by atomic mass is 10.2. The molecule has 1 aromatic carbocycles. The molecule has 5 heteroatoms. The van der Waals surface area contributed by atoms with Crippen molar-refractivity contribution in [3.8, 4) is 0 Å². The van der Waals surface area contributed by atoms with Gasteiger partial charge in [-0.15, -0.1) is 0 Å². The lowest BCUT2D eigenvalue weighted by Gasteiger charge is -2.17. The highest BCUT2D eigenvalue weighted by molar-refractivity contribution is 9.11. The molecular weight excluding hydrogens is 354 g/mol. The monoisotopic (exact) mass is 365 g/mol. The minimum Gasteiger partial charge on any atom is -0.341 e. The molecule has 0 atom stereocenters. The van der Waals surface area contributed by atoms with Gasteiger partial charge in [0.15, 0.2) is 0 Å². The van der Waals surface area contributed by atoms with Gasteiger partial charge in [-0.05, 0) is 40.4 Å². The van der Waals surface area contributed by atoms with E-state index in [1.165, 1.54) is 0 Å². The molecular formula is C11H13Br2NOS. The van der Waals surface area contributed by atoms with Gasteiger partial charge in [0.1, 0.15) is 0 Å². The average Bonchev–Trinajstić information content (AvgIpc) is 2.25. The third kappa shape index (κ3) is 3.79. The zero-order chi connectivity index (χ0) is 12.1. The lowest BCUT2D eigenvalue weighted by Crippen LogP contribution is -2.29. The van der Waals surface area contributed by atoms with Crippen molar-refractivity contribution in [1.29, 1.82) is 0 Å². The Morgan fingerprint density at radius 3 is 2.69 bits per heavy atom. The van der Waals surface area contributed by atoms with Crippen molar-refractivity contribution in [3.63, 3.8) is 0 Å². The topological polar surface area (TPSA) is 20.3 Å². The van der Waals surface area contributed by atoms with E-state index in [1.807, 2.05) is 31.5 Å². The number of carbonyl (C=O) groups is 1. The summed E-state index contributed by atoms with van der Waals surface area (Å²) in [4.78, 5) is 13.8. The summed E-state index contributed by atoms with van der Waals surface area (Å²) in [5.74, 6) is 1.00. The van der Waals surface area contributed by atoms with Gasteiger partial charge in [0, 0.05) is 28.3 Å². The first-order valence-electron chi connectivity index (χ1n) is 4.75. The van der Waals surface area contributed by atoms with Crippen LogP contribution in [-0.4, -0.2) is 36.4 Å². The van der Waals surface area contributed by atoms with E-state index in [-0.39, 0.29) is 5.91 Å². The van der Waals surface area contributed by atoms with Crippen molar-refractivity contribution >= 4 is 49.5 Å². The Morgan fingerprint density at radius 2 is 2.12 bits per heavy atom. The standard InChI is InChI=1S/C11H13Br2NOS/c1-14(5-6-16-2)11(15)9-4-3-8(12)7-10(9)13/h3-4,7H,5-6H2,1-2H3. The van der Waals surface area contributed by atoms with Gasteiger partial charge in [-0.25, -0.2) is 0 Å². The molecule has 1 aromatic rings. The molecule has 0 aliphatic carbocycles. The van der Waals surface area contributed by atoms with Crippen LogP contribution in [0.15, 0.2) is 27.1 Å². The van der Waals surface area contributed by atoms with E-state index >= 15 is 0 Å². The predicted octanol–water partition coefficient (Wildman–Crippen LogP) is 3.65. The third-order valence-corrected chi connectivity index (χ3v) is 3.88. The molecule has 16 heavy (non-hydrogen) atoms. The average molecular weight is 367 g/mol. The minimum absolute atomic E-state index is 0.0495. The SMILES string of the molecule is CSCCN(C)C(=O)c1ccc(Br)cc1Br. The predicted molar refractivity (Wildman–Crippen MR) is 77.2 cm³/mol. The van der Waals surface area contributed by atoms with E-state index in [1.54, 1.807) is 16.7 Å². The molecule has 0 bridgehead atoms. The molecule has 0 N–H and O–H groups in total. The molecule has 0 saturated heterocycles. The molecule has 2 nitrogen and oxygen atoms in total. The lowest BCUT2D eigenvalue weighted by molar-refractivity contribution is 0.0803. The van der Waals surface area contributed by atoms with Crippen LogP contribution in [0, 0.1) is 0 Å². The van der Waals surface area contributed by atoms with E-state index in [4.69, 9.17) is 0 Å². The Bertz CT molecular complexity index is 384. The van der Waals surface area contributed by atoms with Crippen LogP contribution in [0.1, 0.15) is 10.4 Å². The Kier molecular flexibility index (Phi) is 5.86. The number of halogens is 2. The summed E-state index contributed by atoms with van der Waals surface area (Å²) in [6.45, 7) is 0.766. The highest BCUT2D eigenvalue weighted by atomic mass is 79.9. The number of rotatable bonds is 4. The van der Waals surface area contributed by atoms with Crippen LogP contribution in [0.4, 0.5) is 0 Å². The molecule has 0 heterocycles. The van der Waals surface area contributed by atoms with Crippen molar-refractivity contribution in [3.05, 3.63) is 32.7 Å². The fraction of sp³-hybridized carbons (Fsp3) is 0.364. The number of hydrogen-bond acceptors (Lipinski definition) is 2. The summed E-state index contributed by atoms with van der Waals surface area (Å²) in [6, 6.07) is 5.59. The fourth-order valence-corrected chi connectivity index (χ4v) is 2.87. The quantitative estimate of drug-likeness (QED) is 0.810. The summed E-state index contributed by atoms with van der Waals surface area (Å²) < 4.78 is 1.78. The van der Waals surface area contributed by atoms with E-state index < -0.39 is 0 Å². The molecule has 0 unspecified atom stereocenters. The summed E-state index contributed by atoms with van der Waals surface area (Å²) in [5, 5.41) is 0. The molecule has 88 valence electrons. The van der Waals surface area contributed by atoms with Crippen LogP contribution >= 0.6 is 43.6 Å². The summed E-state index contributed by atoms with van der Waals surface area (Å²) >= 11 is 8.50. The van der Waals surface area contributed by atoms with Crippen molar-refractivity contribution in [2.24, 2.45) is 0 Å². The van der Waals surface area contributed by atoms with Crippen LogP contribution in [0.25, 0.3) is 0 Å². The first-order valence-corrected chi connectivity index (χ1v) is 7.73. The Labute approximate surface area is 117 Å².